The van der Waals surface area contributed by atoms with E-state index >= 15 is 0 Å². The zero-order valence-corrected chi connectivity index (χ0v) is 17.2. The third kappa shape index (κ3) is 18.2. The van der Waals surface area contributed by atoms with Gasteiger partial charge in [-0.05, 0) is 18.3 Å². The second kappa shape index (κ2) is 16.8. The van der Waals surface area contributed by atoms with E-state index in [1.165, 1.54) is 116 Å². The Bertz CT molecular complexity index is 216. The Hall–Kier alpha value is 0. The molecule has 0 saturated heterocycles. The Morgan fingerprint density at radius 2 is 0.652 bits per heavy atom. The van der Waals surface area contributed by atoms with Crippen LogP contribution in [0.2, 0.25) is 0 Å². The highest BCUT2D eigenvalue weighted by Gasteiger charge is 2.16. The van der Waals surface area contributed by atoms with Crippen molar-refractivity contribution in [1.82, 2.24) is 0 Å². The minimum atomic E-state index is 0.590. The van der Waals surface area contributed by atoms with E-state index in [1.54, 1.807) is 0 Å². The highest BCUT2D eigenvalue weighted by molar-refractivity contribution is 4.68. The van der Waals surface area contributed by atoms with Crippen LogP contribution in [0.15, 0.2) is 0 Å². The van der Waals surface area contributed by atoms with Crippen molar-refractivity contribution in [2.24, 2.45) is 5.41 Å². The van der Waals surface area contributed by atoms with Gasteiger partial charge < -0.3 is 0 Å². The summed E-state index contributed by atoms with van der Waals surface area (Å²) in [7, 11) is 0. The Morgan fingerprint density at radius 1 is 0.391 bits per heavy atom. The predicted octanol–water partition coefficient (Wildman–Crippen LogP) is 9.07. The summed E-state index contributed by atoms with van der Waals surface area (Å²) in [5.41, 5.74) is 0.590. The van der Waals surface area contributed by atoms with Crippen LogP contribution in [0.25, 0.3) is 0 Å². The van der Waals surface area contributed by atoms with Gasteiger partial charge in [-0.3, -0.25) is 0 Å². The molecule has 0 radical (unpaired) electrons. The molecule has 0 aliphatic rings. The lowest BCUT2D eigenvalue weighted by molar-refractivity contribution is 0.282. The quantitative estimate of drug-likeness (QED) is 0.220. The molecular formula is C23H48. The SMILES string of the molecule is CCCCCCCCCCCCCCC(C)(C)CCCCCC. The molecule has 0 atom stereocenters. The molecule has 0 fully saturated rings. The molecule has 0 N–H and O–H groups in total. The molecule has 0 nitrogen and oxygen atoms in total. The minimum Gasteiger partial charge on any atom is -0.0654 e. The zero-order chi connectivity index (χ0) is 17.2. The van der Waals surface area contributed by atoms with Crippen LogP contribution < -0.4 is 0 Å². The second-order valence-corrected chi connectivity index (χ2v) is 8.61. The highest BCUT2D eigenvalue weighted by Crippen LogP contribution is 2.30. The van der Waals surface area contributed by atoms with Crippen LogP contribution in [0.3, 0.4) is 0 Å². The van der Waals surface area contributed by atoms with Gasteiger partial charge >= 0.3 is 0 Å². The fraction of sp³-hybridized carbons (Fsp3) is 1.00. The van der Waals surface area contributed by atoms with Crippen LogP contribution in [0, 0.1) is 5.41 Å². The van der Waals surface area contributed by atoms with Crippen LogP contribution in [0.4, 0.5) is 0 Å². The summed E-state index contributed by atoms with van der Waals surface area (Å²) >= 11 is 0. The Labute approximate surface area is 149 Å². The first kappa shape index (κ1) is 23.0. The van der Waals surface area contributed by atoms with Crippen LogP contribution >= 0.6 is 0 Å². The van der Waals surface area contributed by atoms with E-state index in [9.17, 15) is 0 Å². The van der Waals surface area contributed by atoms with Gasteiger partial charge in [0.25, 0.3) is 0 Å². The molecule has 0 unspecified atom stereocenters. The van der Waals surface area contributed by atoms with Gasteiger partial charge in [0.1, 0.15) is 0 Å². The highest BCUT2D eigenvalue weighted by atomic mass is 14.2. The van der Waals surface area contributed by atoms with Crippen molar-refractivity contribution in [2.75, 3.05) is 0 Å². The monoisotopic (exact) mass is 324 g/mol. The third-order valence-corrected chi connectivity index (χ3v) is 5.41. The molecule has 0 saturated carbocycles. The zero-order valence-electron chi connectivity index (χ0n) is 17.2. The molecule has 0 aliphatic carbocycles. The standard InChI is InChI=1S/C23H48/c1-5-7-9-11-12-13-14-15-16-17-18-20-22-23(3,4)21-19-10-8-6-2/h5-22H2,1-4H3. The van der Waals surface area contributed by atoms with E-state index < -0.39 is 0 Å². The van der Waals surface area contributed by atoms with Crippen LogP contribution in [0.5, 0.6) is 0 Å². The molecule has 0 heteroatoms. The van der Waals surface area contributed by atoms with Crippen molar-refractivity contribution < 1.29 is 0 Å². The predicted molar refractivity (Wildman–Crippen MR) is 108 cm³/mol. The molecule has 0 aliphatic heterocycles. The summed E-state index contributed by atoms with van der Waals surface area (Å²) in [6.45, 7) is 9.57. The molecule has 23 heavy (non-hydrogen) atoms. The summed E-state index contributed by atoms with van der Waals surface area (Å²) in [6.07, 6.45) is 26.1. The number of hydrogen-bond acceptors (Lipinski definition) is 0. The molecule has 0 spiro atoms. The van der Waals surface area contributed by atoms with E-state index in [2.05, 4.69) is 27.7 Å². The topological polar surface area (TPSA) is 0 Å². The molecule has 0 amide bonds. The molecule has 0 aromatic rings. The van der Waals surface area contributed by atoms with Crippen molar-refractivity contribution in [3.8, 4) is 0 Å². The number of hydrogen-bond donors (Lipinski definition) is 0. The van der Waals surface area contributed by atoms with E-state index in [4.69, 9.17) is 0 Å². The van der Waals surface area contributed by atoms with Crippen molar-refractivity contribution in [3.63, 3.8) is 0 Å². The first-order valence-electron chi connectivity index (χ1n) is 11.1. The van der Waals surface area contributed by atoms with Gasteiger partial charge in [0.05, 0.1) is 0 Å². The molecule has 0 aromatic carbocycles. The summed E-state index contributed by atoms with van der Waals surface area (Å²) in [5.74, 6) is 0. The van der Waals surface area contributed by atoms with Gasteiger partial charge in [0, 0.05) is 0 Å². The van der Waals surface area contributed by atoms with Crippen LogP contribution in [0.1, 0.15) is 143 Å². The minimum absolute atomic E-state index is 0.590. The lowest BCUT2D eigenvalue weighted by Crippen LogP contribution is -2.11. The van der Waals surface area contributed by atoms with E-state index in [-0.39, 0.29) is 0 Å². The largest absolute Gasteiger partial charge is 0.0654 e. The molecule has 140 valence electrons. The van der Waals surface area contributed by atoms with Gasteiger partial charge in [0.15, 0.2) is 0 Å². The lowest BCUT2D eigenvalue weighted by atomic mass is 9.82. The maximum Gasteiger partial charge on any atom is -0.0354 e. The van der Waals surface area contributed by atoms with E-state index in [0.717, 1.165) is 0 Å². The van der Waals surface area contributed by atoms with Gasteiger partial charge in [-0.15, -0.1) is 0 Å². The van der Waals surface area contributed by atoms with Crippen molar-refractivity contribution in [1.29, 1.82) is 0 Å². The summed E-state index contributed by atoms with van der Waals surface area (Å²) < 4.78 is 0. The fourth-order valence-electron chi connectivity index (χ4n) is 3.60. The Kier molecular flexibility index (Phi) is 16.8. The van der Waals surface area contributed by atoms with Crippen LogP contribution in [-0.2, 0) is 0 Å². The maximum absolute atomic E-state index is 2.48. The average Bonchev–Trinajstić information content (AvgIpc) is 2.52. The van der Waals surface area contributed by atoms with Crippen molar-refractivity contribution in [2.45, 2.75) is 143 Å². The normalized spacial score (nSPS) is 12.0. The Morgan fingerprint density at radius 3 is 1.00 bits per heavy atom. The molecular weight excluding hydrogens is 276 g/mol. The molecule has 0 aromatic heterocycles. The van der Waals surface area contributed by atoms with Crippen LogP contribution in [-0.4, -0.2) is 0 Å². The first-order chi connectivity index (χ1) is 11.1. The van der Waals surface area contributed by atoms with Gasteiger partial charge in [0.2, 0.25) is 0 Å². The summed E-state index contributed by atoms with van der Waals surface area (Å²) in [4.78, 5) is 0. The summed E-state index contributed by atoms with van der Waals surface area (Å²) in [6, 6.07) is 0. The third-order valence-electron chi connectivity index (χ3n) is 5.41. The number of unbranched alkanes of at least 4 members (excludes halogenated alkanes) is 14. The average molecular weight is 325 g/mol. The van der Waals surface area contributed by atoms with Crippen molar-refractivity contribution in [3.05, 3.63) is 0 Å². The second-order valence-electron chi connectivity index (χ2n) is 8.61. The summed E-state index contributed by atoms with van der Waals surface area (Å²) in [5, 5.41) is 0. The van der Waals surface area contributed by atoms with Gasteiger partial charge in [-0.2, -0.15) is 0 Å². The first-order valence-corrected chi connectivity index (χ1v) is 11.1. The number of rotatable bonds is 18. The van der Waals surface area contributed by atoms with Gasteiger partial charge in [-0.25, -0.2) is 0 Å². The van der Waals surface area contributed by atoms with E-state index in [1.807, 2.05) is 0 Å². The smallest absolute Gasteiger partial charge is 0.0354 e. The Balaban J connectivity index is 3.25. The van der Waals surface area contributed by atoms with Gasteiger partial charge in [-0.1, -0.05) is 130 Å². The van der Waals surface area contributed by atoms with Crippen molar-refractivity contribution >= 4 is 0 Å². The van der Waals surface area contributed by atoms with E-state index in [0.29, 0.717) is 5.41 Å². The molecule has 0 heterocycles. The fourth-order valence-corrected chi connectivity index (χ4v) is 3.60. The lowest BCUT2D eigenvalue weighted by Gasteiger charge is -2.24. The molecule has 0 bridgehead atoms. The molecule has 0 rings (SSSR count). The maximum atomic E-state index is 2.48.